The van der Waals surface area contributed by atoms with Crippen LogP contribution in [0.15, 0.2) is 36.4 Å². The van der Waals surface area contributed by atoms with Gasteiger partial charge in [-0.3, -0.25) is 9.59 Å². The van der Waals surface area contributed by atoms with E-state index in [1.165, 1.54) is 14.2 Å². The summed E-state index contributed by atoms with van der Waals surface area (Å²) in [6.07, 6.45) is 4.11. The number of rotatable bonds is 8. The maximum Gasteiger partial charge on any atom is 0.328 e. The Bertz CT molecular complexity index is 1260. The van der Waals surface area contributed by atoms with Crippen LogP contribution in [0.5, 0.6) is 0 Å². The molecular formula is C32H40N4O6. The van der Waals surface area contributed by atoms with Gasteiger partial charge in [0.25, 0.3) is 11.8 Å². The highest BCUT2D eigenvalue weighted by atomic mass is 16.5. The second-order valence-corrected chi connectivity index (χ2v) is 12.3. The van der Waals surface area contributed by atoms with Gasteiger partial charge in [0.15, 0.2) is 0 Å². The van der Waals surface area contributed by atoms with Gasteiger partial charge in [-0.05, 0) is 98.7 Å². The Hall–Kier alpha value is -3.50. The van der Waals surface area contributed by atoms with Crippen LogP contribution < -0.4 is 10.6 Å². The number of ether oxygens (including phenoxy) is 2. The van der Waals surface area contributed by atoms with E-state index in [9.17, 15) is 19.2 Å². The standard InChI is InChI=1S/C32H40N4O6/c1-41-31(39)27(25-17-35-11-7-19(25)8-12-35)33-29(37)23-5-3-22-16-24(6-4-21(22)15-23)30(38)34-28(32(40)42-2)26-18-36-13-9-20(26)10-14-36/h3-6,15-16,19-20,25-28H,7-14,17-18H2,1-2H3,(H,33,37)(H,34,38). The molecule has 6 saturated heterocycles. The van der Waals surface area contributed by atoms with Gasteiger partial charge in [0.1, 0.15) is 12.1 Å². The van der Waals surface area contributed by atoms with Crippen molar-refractivity contribution in [3.8, 4) is 0 Å². The van der Waals surface area contributed by atoms with Crippen molar-refractivity contribution >= 4 is 34.5 Å². The van der Waals surface area contributed by atoms with Gasteiger partial charge < -0.3 is 29.9 Å². The summed E-state index contributed by atoms with van der Waals surface area (Å²) in [6, 6.07) is 9.14. The molecule has 0 radical (unpaired) electrons. The molecule has 4 atom stereocenters. The fourth-order valence-electron chi connectivity index (χ4n) is 7.69. The number of nitrogens with zero attached hydrogens (tertiary/aromatic N) is 2. The quantitative estimate of drug-likeness (QED) is 0.459. The van der Waals surface area contributed by atoms with Crippen LogP contribution in [-0.2, 0) is 19.1 Å². The van der Waals surface area contributed by atoms with E-state index < -0.39 is 24.0 Å². The van der Waals surface area contributed by atoms with Gasteiger partial charge in [-0.15, -0.1) is 0 Å². The lowest BCUT2D eigenvalue weighted by molar-refractivity contribution is -0.147. The Morgan fingerprint density at radius 1 is 0.667 bits per heavy atom. The zero-order valence-corrected chi connectivity index (χ0v) is 24.3. The third-order valence-electron chi connectivity index (χ3n) is 10.1. The average molecular weight is 577 g/mol. The smallest absolute Gasteiger partial charge is 0.328 e. The van der Waals surface area contributed by atoms with Crippen LogP contribution in [0.3, 0.4) is 0 Å². The number of carbonyl (C=O) groups excluding carboxylic acids is 4. The van der Waals surface area contributed by atoms with Crippen LogP contribution >= 0.6 is 0 Å². The van der Waals surface area contributed by atoms with Gasteiger partial charge in [-0.2, -0.15) is 0 Å². The molecule has 2 amide bonds. The summed E-state index contributed by atoms with van der Waals surface area (Å²) >= 11 is 0. The summed E-state index contributed by atoms with van der Waals surface area (Å²) in [7, 11) is 2.72. The minimum atomic E-state index is -0.698. The lowest BCUT2D eigenvalue weighted by Crippen LogP contribution is -2.58. The number of nitrogens with one attached hydrogen (secondary N) is 2. The van der Waals surface area contributed by atoms with Crippen LogP contribution in [0.1, 0.15) is 46.4 Å². The second-order valence-electron chi connectivity index (χ2n) is 12.3. The molecule has 2 aromatic rings. The highest BCUT2D eigenvalue weighted by Crippen LogP contribution is 2.36. The molecule has 42 heavy (non-hydrogen) atoms. The average Bonchev–Trinajstić information content (AvgIpc) is 3.05. The number of amides is 2. The van der Waals surface area contributed by atoms with Crippen molar-refractivity contribution in [2.75, 3.05) is 53.5 Å². The van der Waals surface area contributed by atoms with E-state index in [-0.39, 0.29) is 23.7 Å². The number of fused-ring (bicyclic) bond motifs is 7. The van der Waals surface area contributed by atoms with E-state index >= 15 is 0 Å². The number of hydrogen-bond donors (Lipinski definition) is 2. The number of hydrogen-bond acceptors (Lipinski definition) is 8. The number of piperidine rings is 6. The second kappa shape index (κ2) is 12.0. The highest BCUT2D eigenvalue weighted by Gasteiger charge is 2.44. The SMILES string of the molecule is COC(=O)C(NC(=O)c1ccc2cc(C(=O)NC(C(=O)OC)C3CN4CCC3CC4)ccc2c1)C1CN2CCC1CC2. The maximum atomic E-state index is 13.3. The van der Waals surface area contributed by atoms with Gasteiger partial charge in [-0.25, -0.2) is 9.59 Å². The third-order valence-corrected chi connectivity index (χ3v) is 10.1. The lowest BCUT2D eigenvalue weighted by Gasteiger charge is -2.46. The Morgan fingerprint density at radius 2 is 1.05 bits per heavy atom. The first-order chi connectivity index (χ1) is 20.3. The molecule has 224 valence electrons. The largest absolute Gasteiger partial charge is 0.467 e. The van der Waals surface area contributed by atoms with Crippen molar-refractivity contribution in [2.45, 2.75) is 37.8 Å². The molecule has 10 nitrogen and oxygen atoms in total. The van der Waals surface area contributed by atoms with Crippen LogP contribution in [0.25, 0.3) is 10.8 Å². The van der Waals surface area contributed by atoms with Crippen LogP contribution in [0, 0.1) is 23.7 Å². The summed E-state index contributed by atoms with van der Waals surface area (Å²) in [4.78, 5) is 56.8. The summed E-state index contributed by atoms with van der Waals surface area (Å²) in [5.41, 5.74) is 0.867. The Morgan fingerprint density at radius 3 is 1.36 bits per heavy atom. The van der Waals surface area contributed by atoms with E-state index in [0.717, 1.165) is 75.7 Å². The maximum absolute atomic E-state index is 13.3. The predicted molar refractivity (Wildman–Crippen MR) is 156 cm³/mol. The van der Waals surface area contributed by atoms with Gasteiger partial charge in [-0.1, -0.05) is 12.1 Å². The molecule has 0 saturated carbocycles. The monoisotopic (exact) mass is 576 g/mol. The molecule has 6 aliphatic rings. The normalized spacial score (nSPS) is 29.4. The van der Waals surface area contributed by atoms with Gasteiger partial charge >= 0.3 is 11.9 Å². The molecule has 8 rings (SSSR count). The third kappa shape index (κ3) is 5.62. The minimum Gasteiger partial charge on any atom is -0.467 e. The first kappa shape index (κ1) is 28.6. The zero-order chi connectivity index (χ0) is 29.4. The molecule has 6 heterocycles. The molecule has 2 aromatic carbocycles. The van der Waals surface area contributed by atoms with Crippen molar-refractivity contribution in [1.82, 2.24) is 20.4 Å². The molecule has 6 fully saturated rings. The van der Waals surface area contributed by atoms with E-state index in [1.807, 2.05) is 0 Å². The van der Waals surface area contributed by atoms with E-state index in [2.05, 4.69) is 20.4 Å². The first-order valence-electron chi connectivity index (χ1n) is 15.1. The van der Waals surface area contributed by atoms with Crippen molar-refractivity contribution in [3.05, 3.63) is 47.5 Å². The summed E-state index contributed by atoms with van der Waals surface area (Å²) < 4.78 is 10.2. The van der Waals surface area contributed by atoms with Crippen molar-refractivity contribution in [3.63, 3.8) is 0 Å². The Kier molecular flexibility index (Phi) is 8.18. The van der Waals surface area contributed by atoms with Crippen LogP contribution in [0.2, 0.25) is 0 Å². The van der Waals surface area contributed by atoms with Crippen LogP contribution in [-0.4, -0.2) is 99.1 Å². The van der Waals surface area contributed by atoms with E-state index in [1.54, 1.807) is 36.4 Å². The first-order valence-corrected chi connectivity index (χ1v) is 15.1. The molecule has 10 heteroatoms. The summed E-state index contributed by atoms with van der Waals surface area (Å²) in [5.74, 6) is -0.646. The molecule has 6 aliphatic heterocycles. The Labute approximate surface area is 246 Å². The van der Waals surface area contributed by atoms with Gasteiger partial charge in [0.05, 0.1) is 14.2 Å². The number of esters is 2. The molecule has 0 aliphatic carbocycles. The summed E-state index contributed by atoms with van der Waals surface area (Å²) in [6.45, 7) is 5.72. The fourth-order valence-corrected chi connectivity index (χ4v) is 7.69. The van der Waals surface area contributed by atoms with E-state index in [0.29, 0.717) is 23.0 Å². The number of methoxy groups -OCH3 is 2. The molecule has 0 aromatic heterocycles. The van der Waals surface area contributed by atoms with E-state index in [4.69, 9.17) is 9.47 Å². The zero-order valence-electron chi connectivity index (χ0n) is 24.3. The highest BCUT2D eigenvalue weighted by molar-refractivity contribution is 6.03. The van der Waals surface area contributed by atoms with Crippen molar-refractivity contribution < 1.29 is 28.7 Å². The van der Waals surface area contributed by atoms with Gasteiger partial charge in [0, 0.05) is 36.1 Å². The molecule has 4 bridgehead atoms. The molecule has 2 N–H and O–H groups in total. The minimum absolute atomic E-state index is 0.0280. The number of benzene rings is 2. The van der Waals surface area contributed by atoms with Crippen molar-refractivity contribution in [1.29, 1.82) is 0 Å². The van der Waals surface area contributed by atoms with Crippen LogP contribution in [0.4, 0.5) is 0 Å². The molecule has 4 unspecified atom stereocenters. The fraction of sp³-hybridized carbons (Fsp3) is 0.562. The lowest BCUT2D eigenvalue weighted by atomic mass is 9.75. The number of carbonyl (C=O) groups is 4. The summed E-state index contributed by atoms with van der Waals surface area (Å²) in [5, 5.41) is 7.50. The van der Waals surface area contributed by atoms with Gasteiger partial charge in [0.2, 0.25) is 0 Å². The topological polar surface area (TPSA) is 117 Å². The van der Waals surface area contributed by atoms with Crippen molar-refractivity contribution in [2.24, 2.45) is 23.7 Å². The predicted octanol–water partition coefficient (Wildman–Crippen LogP) is 2.07. The molecule has 0 spiro atoms. The Balaban J connectivity index is 1.16. The molecular weight excluding hydrogens is 536 g/mol.